The lowest BCUT2D eigenvalue weighted by Gasteiger charge is -2.00. The number of sulfonamides is 1. The van der Waals surface area contributed by atoms with Crippen LogP contribution in [0.4, 0.5) is 0 Å². The maximum Gasteiger partial charge on any atom is 0.240 e. The first-order valence-electron chi connectivity index (χ1n) is 4.04. The Balaban J connectivity index is 2.65. The average Bonchev–Trinajstić information content (AvgIpc) is 2.64. The molecule has 0 aliphatic carbocycles. The molecule has 1 aromatic heterocycles. The van der Waals surface area contributed by atoms with Gasteiger partial charge in [0.2, 0.25) is 10.0 Å². The van der Waals surface area contributed by atoms with E-state index in [9.17, 15) is 8.42 Å². The molecule has 14 heavy (non-hydrogen) atoms. The van der Waals surface area contributed by atoms with Gasteiger partial charge < -0.3 is 4.42 Å². The molecule has 2 rings (SSSR count). The Kier molecular flexibility index (Phi) is 2.05. The van der Waals surface area contributed by atoms with Crippen LogP contribution in [-0.2, 0) is 10.0 Å². The summed E-state index contributed by atoms with van der Waals surface area (Å²) in [5.41, 5.74) is 0.571. The molecule has 74 valence electrons. The highest BCUT2D eigenvalue weighted by Crippen LogP contribution is 2.19. The van der Waals surface area contributed by atoms with Crippen molar-refractivity contribution in [2.45, 2.75) is 4.90 Å². The molecule has 0 saturated carbocycles. The highest BCUT2D eigenvalue weighted by atomic mass is 32.2. The van der Waals surface area contributed by atoms with E-state index in [2.05, 4.69) is 4.72 Å². The number of hydrogen-bond donors (Lipinski definition) is 1. The molecule has 0 aliphatic heterocycles. The van der Waals surface area contributed by atoms with Crippen LogP contribution in [0.1, 0.15) is 0 Å². The number of rotatable bonds is 2. The summed E-state index contributed by atoms with van der Waals surface area (Å²) in [5, 5.41) is 0.889. The molecule has 1 N–H and O–H groups in total. The molecule has 0 atom stereocenters. The molecular weight excluding hydrogens is 202 g/mol. The van der Waals surface area contributed by atoms with Crippen molar-refractivity contribution in [2.24, 2.45) is 0 Å². The number of furan rings is 1. The normalized spacial score (nSPS) is 12.1. The molecule has 0 radical (unpaired) electrons. The van der Waals surface area contributed by atoms with E-state index in [0.717, 1.165) is 5.39 Å². The zero-order valence-electron chi connectivity index (χ0n) is 7.52. The average molecular weight is 211 g/mol. The first-order valence-corrected chi connectivity index (χ1v) is 5.52. The second-order valence-corrected chi connectivity index (χ2v) is 4.71. The van der Waals surface area contributed by atoms with Crippen LogP contribution in [0.3, 0.4) is 0 Å². The van der Waals surface area contributed by atoms with E-state index in [1.807, 2.05) is 0 Å². The standard InChI is InChI=1S/C9H9NO3S/c1-10-14(11,12)8-3-2-7-4-5-13-9(7)6-8/h2-6,10H,1H3. The van der Waals surface area contributed by atoms with Gasteiger partial charge in [-0.1, -0.05) is 0 Å². The third kappa shape index (κ3) is 1.40. The minimum Gasteiger partial charge on any atom is -0.464 e. The van der Waals surface area contributed by atoms with Crippen molar-refractivity contribution in [3.63, 3.8) is 0 Å². The number of nitrogens with one attached hydrogen (secondary N) is 1. The van der Waals surface area contributed by atoms with Crippen molar-refractivity contribution in [1.82, 2.24) is 4.72 Å². The first kappa shape index (κ1) is 9.23. The minimum absolute atomic E-state index is 0.211. The van der Waals surface area contributed by atoms with Crippen LogP contribution in [0.2, 0.25) is 0 Å². The molecule has 0 fully saturated rings. The summed E-state index contributed by atoms with van der Waals surface area (Å²) in [5.74, 6) is 0. The van der Waals surface area contributed by atoms with Gasteiger partial charge in [0.25, 0.3) is 0 Å². The van der Waals surface area contributed by atoms with E-state index in [1.54, 1.807) is 18.2 Å². The molecule has 0 bridgehead atoms. The van der Waals surface area contributed by atoms with Crippen molar-refractivity contribution in [3.8, 4) is 0 Å². The van der Waals surface area contributed by atoms with Gasteiger partial charge in [0.15, 0.2) is 0 Å². The summed E-state index contributed by atoms with van der Waals surface area (Å²) in [6.45, 7) is 0. The van der Waals surface area contributed by atoms with Crippen LogP contribution in [0.15, 0.2) is 39.8 Å². The molecule has 0 spiro atoms. The summed E-state index contributed by atoms with van der Waals surface area (Å²) in [6.07, 6.45) is 1.53. The Hall–Kier alpha value is -1.33. The van der Waals surface area contributed by atoms with Crippen LogP contribution < -0.4 is 4.72 Å². The summed E-state index contributed by atoms with van der Waals surface area (Å²) < 4.78 is 30.2. The molecule has 0 aliphatic rings. The van der Waals surface area contributed by atoms with Gasteiger partial charge in [0.05, 0.1) is 11.2 Å². The predicted molar refractivity (Wildman–Crippen MR) is 52.5 cm³/mol. The van der Waals surface area contributed by atoms with Crippen molar-refractivity contribution in [1.29, 1.82) is 0 Å². The lowest BCUT2D eigenvalue weighted by Crippen LogP contribution is -2.18. The SMILES string of the molecule is CNS(=O)(=O)c1ccc2ccoc2c1. The third-order valence-corrected chi connectivity index (χ3v) is 3.42. The molecule has 2 aromatic rings. The summed E-state index contributed by atoms with van der Waals surface area (Å²) >= 11 is 0. The smallest absolute Gasteiger partial charge is 0.240 e. The van der Waals surface area contributed by atoms with E-state index in [0.29, 0.717) is 5.58 Å². The second-order valence-electron chi connectivity index (χ2n) is 2.83. The molecule has 5 heteroatoms. The molecule has 1 heterocycles. The number of benzene rings is 1. The fraction of sp³-hybridized carbons (Fsp3) is 0.111. The molecule has 1 aromatic carbocycles. The topological polar surface area (TPSA) is 59.3 Å². The molecule has 0 saturated heterocycles. The first-order chi connectivity index (χ1) is 6.63. The van der Waals surface area contributed by atoms with E-state index < -0.39 is 10.0 Å². The van der Waals surface area contributed by atoms with Crippen LogP contribution in [0.5, 0.6) is 0 Å². The van der Waals surface area contributed by atoms with Gasteiger partial charge in [-0.3, -0.25) is 0 Å². The Labute approximate surface area is 81.6 Å². The fourth-order valence-corrected chi connectivity index (χ4v) is 1.97. The number of hydrogen-bond acceptors (Lipinski definition) is 3. The summed E-state index contributed by atoms with van der Waals surface area (Å²) in [4.78, 5) is 0.211. The van der Waals surface area contributed by atoms with E-state index in [4.69, 9.17) is 4.42 Å². The van der Waals surface area contributed by atoms with Crippen LogP contribution in [0.25, 0.3) is 11.0 Å². The predicted octanol–water partition coefficient (Wildman–Crippen LogP) is 1.34. The number of fused-ring (bicyclic) bond motifs is 1. The van der Waals surface area contributed by atoms with E-state index in [1.165, 1.54) is 19.4 Å². The van der Waals surface area contributed by atoms with Crippen molar-refractivity contribution >= 4 is 21.0 Å². The fourth-order valence-electron chi connectivity index (χ4n) is 1.22. The monoisotopic (exact) mass is 211 g/mol. The highest BCUT2D eigenvalue weighted by molar-refractivity contribution is 7.89. The van der Waals surface area contributed by atoms with Gasteiger partial charge in [-0.25, -0.2) is 13.1 Å². The van der Waals surface area contributed by atoms with Gasteiger partial charge in [0.1, 0.15) is 5.58 Å². The Morgan fingerprint density at radius 3 is 2.79 bits per heavy atom. The molecule has 4 nitrogen and oxygen atoms in total. The lowest BCUT2D eigenvalue weighted by atomic mass is 10.3. The summed E-state index contributed by atoms with van der Waals surface area (Å²) in [7, 11) is -2.00. The molecular formula is C9H9NO3S. The van der Waals surface area contributed by atoms with Crippen molar-refractivity contribution < 1.29 is 12.8 Å². The quantitative estimate of drug-likeness (QED) is 0.815. The van der Waals surface area contributed by atoms with Gasteiger partial charge in [-0.15, -0.1) is 0 Å². The second kappa shape index (κ2) is 3.11. The largest absolute Gasteiger partial charge is 0.464 e. The lowest BCUT2D eigenvalue weighted by molar-refractivity contribution is 0.586. The van der Waals surface area contributed by atoms with Gasteiger partial charge in [-0.05, 0) is 25.2 Å². The Morgan fingerprint density at radius 1 is 1.29 bits per heavy atom. The maximum absolute atomic E-state index is 11.4. The maximum atomic E-state index is 11.4. The van der Waals surface area contributed by atoms with Crippen LogP contribution in [-0.4, -0.2) is 15.5 Å². The molecule has 0 amide bonds. The third-order valence-electron chi connectivity index (χ3n) is 2.01. The Bertz CT molecular complexity index is 556. The van der Waals surface area contributed by atoms with Gasteiger partial charge in [0, 0.05) is 11.5 Å². The van der Waals surface area contributed by atoms with Gasteiger partial charge >= 0.3 is 0 Å². The van der Waals surface area contributed by atoms with Crippen molar-refractivity contribution in [2.75, 3.05) is 7.05 Å². The zero-order valence-corrected chi connectivity index (χ0v) is 8.34. The van der Waals surface area contributed by atoms with Gasteiger partial charge in [-0.2, -0.15) is 0 Å². The Morgan fingerprint density at radius 2 is 2.07 bits per heavy atom. The van der Waals surface area contributed by atoms with E-state index >= 15 is 0 Å². The van der Waals surface area contributed by atoms with E-state index in [-0.39, 0.29) is 4.90 Å². The molecule has 0 unspecified atom stereocenters. The minimum atomic E-state index is -3.38. The van der Waals surface area contributed by atoms with Crippen LogP contribution in [0, 0.1) is 0 Å². The summed E-state index contributed by atoms with van der Waals surface area (Å²) in [6, 6.07) is 6.54. The highest BCUT2D eigenvalue weighted by Gasteiger charge is 2.11. The van der Waals surface area contributed by atoms with Crippen molar-refractivity contribution in [3.05, 3.63) is 30.5 Å². The van der Waals surface area contributed by atoms with Crippen LogP contribution >= 0.6 is 0 Å². The zero-order chi connectivity index (χ0) is 10.2.